The molecule has 0 spiro atoms. The Labute approximate surface area is 379 Å². The quantitative estimate of drug-likeness (QED) is 0.0351. The van der Waals surface area contributed by atoms with Crippen LogP contribution in [0.2, 0.25) is 0 Å². The van der Waals surface area contributed by atoms with Gasteiger partial charge in [-0.2, -0.15) is 0 Å². The molecule has 3 aromatic rings. The van der Waals surface area contributed by atoms with Gasteiger partial charge < -0.3 is 38.7 Å². The van der Waals surface area contributed by atoms with Crippen molar-refractivity contribution in [3.8, 4) is 17.2 Å². The van der Waals surface area contributed by atoms with Gasteiger partial charge in [-0.15, -0.1) is 29.9 Å². The number of rotatable bonds is 21. The van der Waals surface area contributed by atoms with Crippen LogP contribution in [0.4, 0.5) is 9.18 Å². The number of oxime groups is 1. The van der Waals surface area contributed by atoms with E-state index in [1.54, 1.807) is 34.9 Å². The number of ether oxygens (including phenoxy) is 5. The lowest BCUT2D eigenvalue weighted by molar-refractivity contribution is -0.256. The molecule has 3 aromatic carbocycles. The highest BCUT2D eigenvalue weighted by molar-refractivity contribution is 7.98. The Hall–Kier alpha value is -4.11. The van der Waals surface area contributed by atoms with E-state index < -0.39 is 35.9 Å². The van der Waals surface area contributed by atoms with Crippen molar-refractivity contribution in [2.45, 2.75) is 99.7 Å². The van der Waals surface area contributed by atoms with Crippen molar-refractivity contribution in [3.63, 3.8) is 0 Å². The number of carbonyl (C=O) groups excluding carboxylic acids is 1. The van der Waals surface area contributed by atoms with Crippen LogP contribution < -0.4 is 9.47 Å². The zero-order valence-electron chi connectivity index (χ0n) is 36.0. The van der Waals surface area contributed by atoms with Gasteiger partial charge >= 0.3 is 6.09 Å². The molecular weight excluding hydrogens is 847 g/mol. The van der Waals surface area contributed by atoms with Crippen molar-refractivity contribution in [2.75, 3.05) is 45.2 Å². The first-order valence-corrected chi connectivity index (χ1v) is 24.0. The molecule has 4 aliphatic rings. The number of halogens is 2. The minimum absolute atomic E-state index is 0.00538. The highest BCUT2D eigenvalue weighted by atomic mass is 35.5. The fraction of sp³-hybridized carbons (Fsp3) is 0.510. The van der Waals surface area contributed by atoms with Crippen molar-refractivity contribution in [1.82, 2.24) is 4.90 Å². The maximum atomic E-state index is 14.5. The minimum atomic E-state index is -1.53. The number of carbonyl (C=O) groups is 1. The molecule has 11 nitrogen and oxygen atoms in total. The summed E-state index contributed by atoms with van der Waals surface area (Å²) in [7, 11) is 0. The molecule has 1 saturated heterocycles. The Kier molecular flexibility index (Phi) is 16.9. The van der Waals surface area contributed by atoms with Gasteiger partial charge in [-0.05, 0) is 122 Å². The number of unbranched alkanes of at least 4 members (excludes halogenated alkanes) is 2. The molecule has 2 aliphatic carbocycles. The van der Waals surface area contributed by atoms with Crippen molar-refractivity contribution in [3.05, 3.63) is 108 Å². The fourth-order valence-electron chi connectivity index (χ4n) is 9.71. The SMILES string of the molecule is C=CCO[C@@]12Oc3ccc(Oc4ccc(SC)cc4)cc3[C@H]3[C@H](CCCCO)[C@@H](CCCCO)C=C(C(=NOC4CCCCO4)C[C@@H]1N(Cc1ccc(F)cc1)C(=O)OCCCl)[C@H]32. The van der Waals surface area contributed by atoms with Crippen molar-refractivity contribution >= 4 is 35.2 Å². The molecular formula is C49H60ClFN2O9S. The topological polar surface area (TPSA) is 129 Å². The molecule has 7 atom stereocenters. The van der Waals surface area contributed by atoms with E-state index in [-0.39, 0.29) is 63.0 Å². The standard InChI is InChI=1S/C49H60ClFN2O9S/c1-3-26-59-49-44(53(48(56)58-28-23-50)32-33-13-15-35(51)16-14-33)31-42(52-62-45-12-6-9-27-57-45)40-29-34(10-4-7-24-54)39(11-5-8-25-55)46(47(40)49)41-30-37(19-22-43(41)61-49)60-36-17-20-38(63-2)21-18-36/h3,13-22,29-30,34,39,44-47,54-55H,1,4-12,23-28,31-32H2,2H3/t34-,39+,44-,45?,46+,47+,49+/m0/s1. The molecule has 7 rings (SSSR count). The molecule has 1 saturated carbocycles. The highest BCUT2D eigenvalue weighted by Crippen LogP contribution is 2.62. The predicted molar refractivity (Wildman–Crippen MR) is 242 cm³/mol. The van der Waals surface area contributed by atoms with Gasteiger partial charge in [0.05, 0.1) is 30.7 Å². The van der Waals surface area contributed by atoms with Gasteiger partial charge in [-0.3, -0.25) is 4.90 Å². The van der Waals surface area contributed by atoms with Crippen LogP contribution >= 0.6 is 23.4 Å². The van der Waals surface area contributed by atoms with E-state index >= 15 is 0 Å². The lowest BCUT2D eigenvalue weighted by atomic mass is 9.55. The number of thioether (sulfide) groups is 1. The lowest BCUT2D eigenvalue weighted by Crippen LogP contribution is -2.70. The molecule has 0 bridgehead atoms. The molecule has 2 fully saturated rings. The number of alkyl halides is 1. The van der Waals surface area contributed by atoms with Gasteiger partial charge in [-0.25, -0.2) is 9.18 Å². The van der Waals surface area contributed by atoms with E-state index in [0.29, 0.717) is 54.4 Å². The average Bonchev–Trinajstić information content (AvgIpc) is 3.31. The van der Waals surface area contributed by atoms with Gasteiger partial charge in [-0.1, -0.05) is 42.3 Å². The normalized spacial score (nSPS) is 25.5. The second-order valence-electron chi connectivity index (χ2n) is 16.5. The summed E-state index contributed by atoms with van der Waals surface area (Å²) in [5.74, 6) is -0.716. The summed E-state index contributed by atoms with van der Waals surface area (Å²) >= 11 is 7.75. The number of nitrogens with zero attached hydrogens (tertiary/aromatic N) is 2. The summed E-state index contributed by atoms with van der Waals surface area (Å²) < 4.78 is 47.0. The van der Waals surface area contributed by atoms with Gasteiger partial charge in [0.1, 0.15) is 35.7 Å². The Morgan fingerprint density at radius 1 is 1.03 bits per heavy atom. The number of aliphatic hydroxyl groups is 2. The first-order valence-electron chi connectivity index (χ1n) is 22.2. The summed E-state index contributed by atoms with van der Waals surface area (Å²) in [6.45, 7) is 4.83. The van der Waals surface area contributed by atoms with Gasteiger partial charge in [0.25, 0.3) is 0 Å². The molecule has 340 valence electrons. The van der Waals surface area contributed by atoms with Crippen LogP contribution in [0.25, 0.3) is 0 Å². The first-order chi connectivity index (χ1) is 30.8. The largest absolute Gasteiger partial charge is 0.459 e. The number of hydrogen-bond acceptors (Lipinski definition) is 11. The molecule has 63 heavy (non-hydrogen) atoms. The molecule has 0 aromatic heterocycles. The highest BCUT2D eigenvalue weighted by Gasteiger charge is 2.65. The van der Waals surface area contributed by atoms with Crippen LogP contribution in [-0.2, 0) is 25.6 Å². The summed E-state index contributed by atoms with van der Waals surface area (Å²) in [4.78, 5) is 23.5. The third-order valence-corrected chi connectivity index (χ3v) is 13.4. The van der Waals surface area contributed by atoms with E-state index in [0.717, 1.165) is 54.6 Å². The second kappa shape index (κ2) is 22.7. The first kappa shape index (κ1) is 46.9. The van der Waals surface area contributed by atoms with E-state index in [1.807, 2.05) is 42.7 Å². The average molecular weight is 908 g/mol. The van der Waals surface area contributed by atoms with E-state index in [4.69, 9.17) is 45.3 Å². The summed E-state index contributed by atoms with van der Waals surface area (Å²) in [5, 5.41) is 24.9. The minimum Gasteiger partial charge on any atom is -0.459 e. The van der Waals surface area contributed by atoms with E-state index in [9.17, 15) is 19.4 Å². The van der Waals surface area contributed by atoms with Crippen LogP contribution in [0.5, 0.6) is 17.2 Å². The monoisotopic (exact) mass is 906 g/mol. The predicted octanol–water partition coefficient (Wildman–Crippen LogP) is 10.4. The maximum Gasteiger partial charge on any atom is 0.410 e. The third kappa shape index (κ3) is 11.1. The lowest BCUT2D eigenvalue weighted by Gasteiger charge is -2.59. The van der Waals surface area contributed by atoms with Crippen LogP contribution in [0.15, 0.2) is 101 Å². The van der Waals surface area contributed by atoms with Crippen LogP contribution in [-0.4, -0.2) is 90.2 Å². The van der Waals surface area contributed by atoms with Crippen LogP contribution in [0, 0.1) is 23.6 Å². The van der Waals surface area contributed by atoms with Crippen molar-refractivity contribution < 1.29 is 47.9 Å². The molecule has 2 N–H and O–H groups in total. The number of benzene rings is 3. The molecule has 14 heteroatoms. The molecule has 2 aliphatic heterocycles. The van der Waals surface area contributed by atoms with Crippen LogP contribution in [0.1, 0.15) is 81.3 Å². The smallest absolute Gasteiger partial charge is 0.410 e. The van der Waals surface area contributed by atoms with Crippen molar-refractivity contribution in [1.29, 1.82) is 0 Å². The van der Waals surface area contributed by atoms with Gasteiger partial charge in [0, 0.05) is 49.0 Å². The molecule has 1 amide bonds. The second-order valence-corrected chi connectivity index (χ2v) is 17.8. The fourth-order valence-corrected chi connectivity index (χ4v) is 10.2. The van der Waals surface area contributed by atoms with Crippen molar-refractivity contribution in [2.24, 2.45) is 22.9 Å². The molecule has 2 heterocycles. The van der Waals surface area contributed by atoms with E-state index in [2.05, 4.69) is 18.7 Å². The molecule has 1 unspecified atom stereocenters. The van der Waals surface area contributed by atoms with Gasteiger partial charge in [0.15, 0.2) is 0 Å². The summed E-state index contributed by atoms with van der Waals surface area (Å²) in [6, 6.07) is 19.0. The Morgan fingerprint density at radius 2 is 1.79 bits per heavy atom. The zero-order valence-corrected chi connectivity index (χ0v) is 37.6. The number of amides is 1. The zero-order chi connectivity index (χ0) is 44.2. The van der Waals surface area contributed by atoms with Crippen LogP contribution in [0.3, 0.4) is 0 Å². The Morgan fingerprint density at radius 3 is 2.49 bits per heavy atom. The number of aliphatic hydroxyl groups excluding tert-OH is 2. The maximum absolute atomic E-state index is 14.5. The Balaban J connectivity index is 1.44. The summed E-state index contributed by atoms with van der Waals surface area (Å²) in [5.41, 5.74) is 3.11. The summed E-state index contributed by atoms with van der Waals surface area (Å²) in [6.07, 6.45) is 12.0. The third-order valence-electron chi connectivity index (χ3n) is 12.5. The Bertz CT molecular complexity index is 2030. The van der Waals surface area contributed by atoms with E-state index in [1.165, 1.54) is 12.1 Å². The number of allylic oxidation sites excluding steroid dienone is 1. The number of fused-ring (bicyclic) bond motifs is 2. The molecule has 0 radical (unpaired) electrons. The number of hydrogen-bond donors (Lipinski definition) is 2. The van der Waals surface area contributed by atoms with Gasteiger partial charge in [0.2, 0.25) is 12.1 Å².